The highest BCUT2D eigenvalue weighted by atomic mass is 35.5. The lowest BCUT2D eigenvalue weighted by Gasteiger charge is -2.18. The van der Waals surface area contributed by atoms with Crippen LogP contribution < -0.4 is 11.1 Å². The van der Waals surface area contributed by atoms with Crippen molar-refractivity contribution in [2.75, 3.05) is 0 Å². The highest BCUT2D eigenvalue weighted by Crippen LogP contribution is 2.18. The van der Waals surface area contributed by atoms with Crippen molar-refractivity contribution < 1.29 is 4.79 Å². The van der Waals surface area contributed by atoms with Crippen LogP contribution in [0.25, 0.3) is 0 Å². The summed E-state index contributed by atoms with van der Waals surface area (Å²) in [6.07, 6.45) is 7.68. The van der Waals surface area contributed by atoms with Crippen LogP contribution in [0, 0.1) is 0 Å². The van der Waals surface area contributed by atoms with Gasteiger partial charge in [0.05, 0.1) is 0 Å². The normalized spacial score (nSPS) is 17.6. The lowest BCUT2D eigenvalue weighted by atomic mass is 10.0. The first-order valence-electron chi connectivity index (χ1n) is 7.35. The van der Waals surface area contributed by atoms with Crippen LogP contribution in [0.5, 0.6) is 0 Å². The molecular formula is C16H25ClN2O. The summed E-state index contributed by atoms with van der Waals surface area (Å²) in [6.45, 7) is 0. The van der Waals surface area contributed by atoms with E-state index >= 15 is 0 Å². The van der Waals surface area contributed by atoms with Crippen molar-refractivity contribution in [1.82, 2.24) is 5.32 Å². The highest BCUT2D eigenvalue weighted by molar-refractivity contribution is 5.85. The molecule has 0 radical (unpaired) electrons. The summed E-state index contributed by atoms with van der Waals surface area (Å²) >= 11 is 0. The maximum atomic E-state index is 12.0. The molecule has 112 valence electrons. The fourth-order valence-electron chi connectivity index (χ4n) is 2.73. The van der Waals surface area contributed by atoms with Crippen LogP contribution in [0.15, 0.2) is 30.3 Å². The molecule has 1 unspecified atom stereocenters. The number of nitrogens with one attached hydrogen (secondary N) is 1. The molecule has 1 aliphatic carbocycles. The molecule has 0 spiro atoms. The maximum Gasteiger partial charge on any atom is 0.222 e. The number of nitrogens with two attached hydrogens (primary N) is 1. The van der Waals surface area contributed by atoms with Gasteiger partial charge in [0.25, 0.3) is 0 Å². The Labute approximate surface area is 127 Å². The van der Waals surface area contributed by atoms with E-state index in [9.17, 15) is 4.79 Å². The van der Waals surface area contributed by atoms with Gasteiger partial charge in [-0.05, 0) is 18.4 Å². The fourth-order valence-corrected chi connectivity index (χ4v) is 2.73. The molecule has 3 N–H and O–H groups in total. The number of carbonyl (C=O) groups is 1. The molecule has 0 heterocycles. The van der Waals surface area contributed by atoms with Crippen molar-refractivity contribution >= 4 is 18.3 Å². The minimum Gasteiger partial charge on any atom is -0.353 e. The van der Waals surface area contributed by atoms with Crippen molar-refractivity contribution in [3.05, 3.63) is 35.9 Å². The smallest absolute Gasteiger partial charge is 0.222 e. The molecule has 0 aliphatic heterocycles. The minimum atomic E-state index is -0.202. The zero-order chi connectivity index (χ0) is 13.5. The number of carbonyl (C=O) groups excluding carboxylic acids is 1. The molecule has 0 saturated heterocycles. The first-order valence-corrected chi connectivity index (χ1v) is 7.35. The van der Waals surface area contributed by atoms with Gasteiger partial charge in [-0.15, -0.1) is 12.4 Å². The molecule has 1 fully saturated rings. The summed E-state index contributed by atoms with van der Waals surface area (Å²) in [4.78, 5) is 12.0. The van der Waals surface area contributed by atoms with Crippen LogP contribution in [-0.4, -0.2) is 11.9 Å². The second kappa shape index (κ2) is 8.98. The van der Waals surface area contributed by atoms with Gasteiger partial charge in [-0.1, -0.05) is 56.0 Å². The monoisotopic (exact) mass is 296 g/mol. The number of amides is 1. The summed E-state index contributed by atoms with van der Waals surface area (Å²) in [5.41, 5.74) is 7.10. The Morgan fingerprint density at radius 1 is 1.15 bits per heavy atom. The Morgan fingerprint density at radius 2 is 1.75 bits per heavy atom. The molecule has 1 amide bonds. The van der Waals surface area contributed by atoms with E-state index in [4.69, 9.17) is 5.73 Å². The number of hydrogen-bond acceptors (Lipinski definition) is 2. The molecular weight excluding hydrogens is 272 g/mol. The van der Waals surface area contributed by atoms with Gasteiger partial charge in [0.1, 0.15) is 0 Å². The van der Waals surface area contributed by atoms with Gasteiger partial charge in [-0.3, -0.25) is 4.79 Å². The van der Waals surface area contributed by atoms with Crippen molar-refractivity contribution in [1.29, 1.82) is 0 Å². The molecule has 0 bridgehead atoms. The third-order valence-electron chi connectivity index (χ3n) is 3.85. The minimum absolute atomic E-state index is 0. The van der Waals surface area contributed by atoms with Gasteiger partial charge in [0.2, 0.25) is 5.91 Å². The van der Waals surface area contributed by atoms with Crippen molar-refractivity contribution in [3.63, 3.8) is 0 Å². The molecule has 2 rings (SSSR count). The lowest BCUT2D eigenvalue weighted by molar-refractivity contribution is -0.122. The van der Waals surface area contributed by atoms with E-state index in [2.05, 4.69) is 5.32 Å². The van der Waals surface area contributed by atoms with Crippen LogP contribution in [0.2, 0.25) is 0 Å². The molecule has 1 aliphatic rings. The average Bonchev–Trinajstić information content (AvgIpc) is 2.68. The van der Waals surface area contributed by atoms with E-state index in [1.807, 2.05) is 30.3 Å². The van der Waals surface area contributed by atoms with E-state index in [0.29, 0.717) is 12.5 Å². The Balaban J connectivity index is 0.00000200. The molecule has 4 heteroatoms. The van der Waals surface area contributed by atoms with Gasteiger partial charge in [-0.2, -0.15) is 0 Å². The predicted molar refractivity (Wildman–Crippen MR) is 84.9 cm³/mol. The standard InChI is InChI=1S/C16H24N2O.ClH/c17-15(13-8-4-3-5-9-13)12-16(19)18-14-10-6-1-2-7-11-14;/h3-5,8-9,14-15H,1-2,6-7,10-12,17H2,(H,18,19);1H. The molecule has 1 atom stereocenters. The average molecular weight is 297 g/mol. The quantitative estimate of drug-likeness (QED) is 0.837. The Morgan fingerprint density at radius 3 is 2.35 bits per heavy atom. The highest BCUT2D eigenvalue weighted by Gasteiger charge is 2.17. The van der Waals surface area contributed by atoms with E-state index < -0.39 is 0 Å². The second-order valence-electron chi connectivity index (χ2n) is 5.48. The van der Waals surface area contributed by atoms with Gasteiger partial charge >= 0.3 is 0 Å². The fraction of sp³-hybridized carbons (Fsp3) is 0.562. The first kappa shape index (κ1) is 17.0. The summed E-state index contributed by atoms with van der Waals surface area (Å²) in [7, 11) is 0. The predicted octanol–water partition coefficient (Wildman–Crippen LogP) is 3.34. The maximum absolute atomic E-state index is 12.0. The number of hydrogen-bond donors (Lipinski definition) is 2. The lowest BCUT2D eigenvalue weighted by Crippen LogP contribution is -2.36. The van der Waals surface area contributed by atoms with E-state index in [0.717, 1.165) is 18.4 Å². The molecule has 1 aromatic carbocycles. The van der Waals surface area contributed by atoms with Gasteiger partial charge in [-0.25, -0.2) is 0 Å². The van der Waals surface area contributed by atoms with Crippen molar-refractivity contribution in [2.24, 2.45) is 5.73 Å². The zero-order valence-electron chi connectivity index (χ0n) is 11.9. The van der Waals surface area contributed by atoms with Gasteiger partial charge in [0, 0.05) is 18.5 Å². The molecule has 3 nitrogen and oxygen atoms in total. The van der Waals surface area contributed by atoms with E-state index in [-0.39, 0.29) is 24.4 Å². The Bertz CT molecular complexity index is 389. The van der Waals surface area contributed by atoms with Crippen LogP contribution in [0.4, 0.5) is 0 Å². The number of halogens is 1. The van der Waals surface area contributed by atoms with Crippen LogP contribution in [-0.2, 0) is 4.79 Å². The molecule has 0 aromatic heterocycles. The third kappa shape index (κ3) is 5.51. The topological polar surface area (TPSA) is 55.1 Å². The third-order valence-corrected chi connectivity index (χ3v) is 3.85. The second-order valence-corrected chi connectivity index (χ2v) is 5.48. The summed E-state index contributed by atoms with van der Waals surface area (Å²) in [5.74, 6) is 0.0863. The van der Waals surface area contributed by atoms with Crippen molar-refractivity contribution in [2.45, 2.75) is 57.0 Å². The molecule has 1 aromatic rings. The van der Waals surface area contributed by atoms with Crippen LogP contribution >= 0.6 is 12.4 Å². The SMILES string of the molecule is Cl.NC(CC(=O)NC1CCCCCC1)c1ccccc1. The van der Waals surface area contributed by atoms with Crippen LogP contribution in [0.3, 0.4) is 0 Å². The van der Waals surface area contributed by atoms with Gasteiger partial charge < -0.3 is 11.1 Å². The summed E-state index contributed by atoms with van der Waals surface area (Å²) in [6, 6.07) is 9.98. The van der Waals surface area contributed by atoms with E-state index in [1.54, 1.807) is 0 Å². The first-order chi connectivity index (χ1) is 9.25. The van der Waals surface area contributed by atoms with Gasteiger partial charge in [0.15, 0.2) is 0 Å². The van der Waals surface area contributed by atoms with Crippen molar-refractivity contribution in [3.8, 4) is 0 Å². The van der Waals surface area contributed by atoms with E-state index in [1.165, 1.54) is 25.7 Å². The summed E-state index contributed by atoms with van der Waals surface area (Å²) in [5, 5.41) is 3.14. The number of rotatable bonds is 4. The largest absolute Gasteiger partial charge is 0.353 e. The summed E-state index contributed by atoms with van der Waals surface area (Å²) < 4.78 is 0. The number of benzene rings is 1. The van der Waals surface area contributed by atoms with Crippen LogP contribution in [0.1, 0.15) is 56.6 Å². The zero-order valence-corrected chi connectivity index (χ0v) is 12.7. The Hall–Kier alpha value is -1.06. The Kier molecular flexibility index (Phi) is 7.63. The molecule has 20 heavy (non-hydrogen) atoms. The molecule has 1 saturated carbocycles.